The SMILES string of the molecule is CCOC(=O)C1=C(O)/C(=C/c2cc(I)c(OCc3ccc(F)cc3)c(I)c2)SC1=NC(=O)CC. The molecule has 1 aliphatic heterocycles. The average molecular weight is 707 g/mol. The molecule has 178 valence electrons. The third kappa shape index (κ3) is 6.60. The van der Waals surface area contributed by atoms with Crippen LogP contribution in [0.2, 0.25) is 0 Å². The lowest BCUT2D eigenvalue weighted by molar-refractivity contribution is -0.138. The molecule has 1 heterocycles. The lowest BCUT2D eigenvalue weighted by Crippen LogP contribution is -2.14. The zero-order valence-corrected chi connectivity index (χ0v) is 23.4. The third-order valence-electron chi connectivity index (χ3n) is 4.51. The molecule has 0 fully saturated rings. The molecule has 0 aliphatic carbocycles. The Morgan fingerprint density at radius 2 is 1.79 bits per heavy atom. The molecule has 0 spiro atoms. The summed E-state index contributed by atoms with van der Waals surface area (Å²) in [5.41, 5.74) is 1.50. The molecule has 10 heteroatoms. The van der Waals surface area contributed by atoms with Crippen LogP contribution in [-0.4, -0.2) is 28.6 Å². The molecule has 1 aliphatic rings. The third-order valence-corrected chi connectivity index (χ3v) is 7.14. The van der Waals surface area contributed by atoms with E-state index < -0.39 is 11.9 Å². The molecule has 0 radical (unpaired) electrons. The van der Waals surface area contributed by atoms with Crippen molar-refractivity contribution in [3.63, 3.8) is 0 Å². The van der Waals surface area contributed by atoms with Crippen molar-refractivity contribution in [3.8, 4) is 5.75 Å². The van der Waals surface area contributed by atoms with Gasteiger partial charge < -0.3 is 14.6 Å². The number of carbonyl (C=O) groups is 2. The van der Waals surface area contributed by atoms with E-state index in [2.05, 4.69) is 50.2 Å². The predicted molar refractivity (Wildman–Crippen MR) is 147 cm³/mol. The Morgan fingerprint density at radius 1 is 1.15 bits per heavy atom. The zero-order chi connectivity index (χ0) is 24.8. The topological polar surface area (TPSA) is 85.2 Å². The zero-order valence-electron chi connectivity index (χ0n) is 18.2. The molecular formula is C24H20FI2NO5S. The van der Waals surface area contributed by atoms with Crippen LogP contribution in [0, 0.1) is 13.0 Å². The second kappa shape index (κ2) is 12.2. The molecular weight excluding hydrogens is 687 g/mol. The number of hydrogen-bond donors (Lipinski definition) is 1. The van der Waals surface area contributed by atoms with Crippen LogP contribution in [0.4, 0.5) is 4.39 Å². The van der Waals surface area contributed by atoms with Gasteiger partial charge in [-0.1, -0.05) is 30.8 Å². The molecule has 2 aromatic rings. The number of aliphatic hydroxyl groups is 1. The van der Waals surface area contributed by atoms with Crippen LogP contribution in [0.25, 0.3) is 6.08 Å². The van der Waals surface area contributed by atoms with E-state index in [0.717, 1.165) is 30.0 Å². The fraction of sp³-hybridized carbons (Fsp3) is 0.208. The van der Waals surface area contributed by atoms with E-state index in [1.54, 1.807) is 32.1 Å². The molecule has 1 amide bonds. The van der Waals surface area contributed by atoms with Gasteiger partial charge in [0.15, 0.2) is 0 Å². The maximum Gasteiger partial charge on any atom is 0.344 e. The van der Waals surface area contributed by atoms with Crippen molar-refractivity contribution in [1.82, 2.24) is 0 Å². The molecule has 0 unspecified atom stereocenters. The van der Waals surface area contributed by atoms with Gasteiger partial charge in [-0.05, 0) is 93.6 Å². The molecule has 0 bridgehead atoms. The molecule has 1 N–H and O–H groups in total. The summed E-state index contributed by atoms with van der Waals surface area (Å²) in [7, 11) is 0. The highest BCUT2D eigenvalue weighted by Crippen LogP contribution is 2.40. The minimum absolute atomic E-state index is 0.108. The van der Waals surface area contributed by atoms with Gasteiger partial charge in [0.25, 0.3) is 0 Å². The summed E-state index contributed by atoms with van der Waals surface area (Å²) in [6, 6.07) is 9.87. The highest BCUT2D eigenvalue weighted by atomic mass is 127. The van der Waals surface area contributed by atoms with Gasteiger partial charge in [0, 0.05) is 6.42 Å². The van der Waals surface area contributed by atoms with Crippen LogP contribution in [-0.2, 0) is 20.9 Å². The van der Waals surface area contributed by atoms with Crippen LogP contribution in [0.1, 0.15) is 31.4 Å². The van der Waals surface area contributed by atoms with Crippen LogP contribution >= 0.6 is 56.9 Å². The van der Waals surface area contributed by atoms with Gasteiger partial charge in [0.05, 0.1) is 18.7 Å². The molecule has 6 nitrogen and oxygen atoms in total. The minimum atomic E-state index is -0.729. The highest BCUT2D eigenvalue weighted by molar-refractivity contribution is 14.1. The van der Waals surface area contributed by atoms with Gasteiger partial charge in [-0.3, -0.25) is 4.79 Å². The highest BCUT2D eigenvalue weighted by Gasteiger charge is 2.33. The van der Waals surface area contributed by atoms with Gasteiger partial charge in [0.1, 0.15) is 34.5 Å². The van der Waals surface area contributed by atoms with Crippen LogP contribution in [0.3, 0.4) is 0 Å². The number of ether oxygens (including phenoxy) is 2. The van der Waals surface area contributed by atoms with Crippen LogP contribution < -0.4 is 4.74 Å². The van der Waals surface area contributed by atoms with Crippen molar-refractivity contribution in [1.29, 1.82) is 0 Å². The number of halogens is 3. The van der Waals surface area contributed by atoms with Crippen molar-refractivity contribution in [2.45, 2.75) is 26.9 Å². The number of nitrogens with zero attached hydrogens (tertiary/aromatic N) is 1. The Morgan fingerprint density at radius 3 is 2.38 bits per heavy atom. The summed E-state index contributed by atoms with van der Waals surface area (Å²) in [6.07, 6.45) is 1.89. The predicted octanol–water partition coefficient (Wildman–Crippen LogP) is 6.41. The quantitative estimate of drug-likeness (QED) is 0.265. The van der Waals surface area contributed by atoms with Crippen molar-refractivity contribution in [2.24, 2.45) is 4.99 Å². The van der Waals surface area contributed by atoms with Gasteiger partial charge in [-0.2, -0.15) is 0 Å². The second-order valence-electron chi connectivity index (χ2n) is 6.95. The summed E-state index contributed by atoms with van der Waals surface area (Å²) in [4.78, 5) is 28.6. The number of amides is 1. The number of esters is 1. The first-order valence-corrected chi connectivity index (χ1v) is 13.2. The van der Waals surface area contributed by atoms with E-state index in [4.69, 9.17) is 9.47 Å². The Kier molecular flexibility index (Phi) is 9.54. The lowest BCUT2D eigenvalue weighted by atomic mass is 10.1. The first-order valence-electron chi connectivity index (χ1n) is 10.2. The van der Waals surface area contributed by atoms with E-state index in [1.807, 2.05) is 12.1 Å². The molecule has 0 saturated heterocycles. The fourth-order valence-corrected chi connectivity index (χ4v) is 6.03. The Bertz CT molecular complexity index is 1190. The number of aliphatic hydroxyl groups excluding tert-OH is 1. The second-order valence-corrected chi connectivity index (χ2v) is 10.3. The largest absolute Gasteiger partial charge is 0.506 e. The minimum Gasteiger partial charge on any atom is -0.506 e. The first-order chi connectivity index (χ1) is 16.2. The molecule has 2 aromatic carbocycles. The van der Waals surface area contributed by atoms with Crippen molar-refractivity contribution < 1.29 is 28.6 Å². The Balaban J connectivity index is 1.89. The van der Waals surface area contributed by atoms with Gasteiger partial charge in [0.2, 0.25) is 5.91 Å². The maximum absolute atomic E-state index is 13.1. The smallest absolute Gasteiger partial charge is 0.344 e. The van der Waals surface area contributed by atoms with E-state index in [-0.39, 0.29) is 35.2 Å². The molecule has 0 saturated carbocycles. The monoisotopic (exact) mass is 707 g/mol. The molecule has 34 heavy (non-hydrogen) atoms. The van der Waals surface area contributed by atoms with Crippen LogP contribution in [0.15, 0.2) is 57.6 Å². The summed E-state index contributed by atoms with van der Waals surface area (Å²) >= 11 is 5.36. The van der Waals surface area contributed by atoms with Gasteiger partial charge >= 0.3 is 5.97 Å². The standard InChI is InChI=1S/C24H20FI2NO5S/c1-3-19(29)28-23-20(24(31)32-4-2)21(30)18(34-23)11-14-9-16(26)22(17(27)10-14)33-12-13-5-7-15(25)8-6-13/h5-11,30H,3-4,12H2,1-2H3/b18-11-,28-23?. The average Bonchev–Trinajstić information content (AvgIpc) is 3.08. The lowest BCUT2D eigenvalue weighted by Gasteiger charge is -2.12. The molecule has 0 atom stereocenters. The normalized spacial score (nSPS) is 15.8. The van der Waals surface area contributed by atoms with Gasteiger partial charge in [-0.25, -0.2) is 14.2 Å². The molecule has 3 rings (SSSR count). The van der Waals surface area contributed by atoms with Crippen molar-refractivity contribution in [3.05, 3.63) is 76.7 Å². The number of aliphatic imine (C=N–C) groups is 1. The number of thioether (sulfide) groups is 1. The van der Waals surface area contributed by atoms with Crippen LogP contribution in [0.5, 0.6) is 5.75 Å². The number of hydrogen-bond acceptors (Lipinski definition) is 6. The number of carbonyl (C=O) groups excluding carboxylic acids is 2. The van der Waals surface area contributed by atoms with E-state index in [1.165, 1.54) is 12.1 Å². The fourth-order valence-electron chi connectivity index (χ4n) is 2.87. The van der Waals surface area contributed by atoms with Gasteiger partial charge in [-0.15, -0.1) is 0 Å². The first kappa shape index (κ1) is 26.7. The summed E-state index contributed by atoms with van der Waals surface area (Å²) in [5, 5.41) is 10.9. The summed E-state index contributed by atoms with van der Waals surface area (Å²) in [5.74, 6) is -1.01. The van der Waals surface area contributed by atoms with E-state index in [0.29, 0.717) is 17.3 Å². The molecule has 0 aromatic heterocycles. The number of rotatable bonds is 7. The van der Waals surface area contributed by atoms with E-state index in [9.17, 15) is 19.1 Å². The number of benzene rings is 2. The summed E-state index contributed by atoms with van der Waals surface area (Å²) < 4.78 is 25.8. The summed E-state index contributed by atoms with van der Waals surface area (Å²) in [6.45, 7) is 3.75. The van der Waals surface area contributed by atoms with Crippen molar-refractivity contribution in [2.75, 3.05) is 6.61 Å². The Labute approximate surface area is 228 Å². The maximum atomic E-state index is 13.1. The Hall–Kier alpha value is -1.93. The van der Waals surface area contributed by atoms with Crippen molar-refractivity contribution >= 4 is 79.9 Å². The van der Waals surface area contributed by atoms with E-state index >= 15 is 0 Å².